The minimum Gasteiger partial charge on any atom is -0.0992 e. The van der Waals surface area contributed by atoms with Gasteiger partial charge in [-0.2, -0.15) is 0 Å². The van der Waals surface area contributed by atoms with Crippen LogP contribution in [0.4, 0.5) is 0 Å². The number of hydrogen-bond acceptors (Lipinski definition) is 0. The zero-order valence-corrected chi connectivity index (χ0v) is 11.5. The lowest BCUT2D eigenvalue weighted by atomic mass is 10.1. The second-order valence-electron chi connectivity index (χ2n) is 4.25. The van der Waals surface area contributed by atoms with E-state index in [-0.39, 0.29) is 0 Å². The van der Waals surface area contributed by atoms with Crippen molar-refractivity contribution in [3.8, 4) is 11.6 Å². The maximum absolute atomic E-state index is 3.09. The van der Waals surface area contributed by atoms with Crippen LogP contribution in [-0.4, -0.2) is 0 Å². The highest BCUT2D eigenvalue weighted by Gasteiger charge is 1.91. The average molecular weight is 226 g/mol. The lowest BCUT2D eigenvalue weighted by Gasteiger charge is -2.00. The molecule has 88 valence electrons. The van der Waals surface area contributed by atoms with E-state index >= 15 is 0 Å². The van der Waals surface area contributed by atoms with Gasteiger partial charge >= 0.3 is 0 Å². The molecule has 0 N–H and O–H groups in total. The zero-order chi connectivity index (χ0) is 11.2. The van der Waals surface area contributed by atoms with Crippen molar-refractivity contribution in [1.82, 2.24) is 0 Å². The van der Waals surface area contributed by atoms with Crippen LogP contribution in [0.2, 0.25) is 0 Å². The normalized spacial score (nSPS) is 9.73. The van der Waals surface area contributed by atoms with Crippen LogP contribution in [0.3, 0.4) is 0 Å². The van der Waals surface area contributed by atoms with Crippen LogP contribution in [-0.2, 0) is 0 Å². The average Bonchev–Trinajstić information content (AvgIpc) is 2.26. The highest BCUT2D eigenvalue weighted by atomic mass is 31.0. The van der Waals surface area contributed by atoms with Gasteiger partial charge in [-0.15, -0.1) is 0 Å². The van der Waals surface area contributed by atoms with E-state index in [2.05, 4.69) is 27.7 Å². The zero-order valence-electron chi connectivity index (χ0n) is 10.4. The molecule has 0 saturated carbocycles. The Bertz CT molecular complexity index is 164. The lowest BCUT2D eigenvalue weighted by molar-refractivity contribution is 0.558. The van der Waals surface area contributed by atoms with Gasteiger partial charge in [-0.25, -0.2) is 0 Å². The third-order valence-electron chi connectivity index (χ3n) is 2.76. The first-order valence-electron chi connectivity index (χ1n) is 6.60. The second kappa shape index (κ2) is 14.0. The topological polar surface area (TPSA) is 0 Å². The molecule has 15 heavy (non-hydrogen) atoms. The summed E-state index contributed by atoms with van der Waals surface area (Å²) in [7, 11) is 2.45. The Morgan fingerprint density at radius 1 is 0.733 bits per heavy atom. The van der Waals surface area contributed by atoms with E-state index in [9.17, 15) is 0 Å². The van der Waals surface area contributed by atoms with E-state index < -0.39 is 0 Å². The molecule has 0 amide bonds. The Morgan fingerprint density at radius 2 is 1.20 bits per heavy atom. The summed E-state index contributed by atoms with van der Waals surface area (Å²) in [5, 5.41) is 0. The van der Waals surface area contributed by atoms with Gasteiger partial charge in [-0.1, -0.05) is 85.5 Å². The third kappa shape index (κ3) is 14.0. The number of unbranched alkanes of at least 4 members (excludes halogenated alkanes) is 10. The smallest absolute Gasteiger partial charge is 0.00919 e. The molecule has 0 aliphatic heterocycles. The van der Waals surface area contributed by atoms with Gasteiger partial charge in [-0.3, -0.25) is 0 Å². The second-order valence-corrected chi connectivity index (χ2v) is 4.54. The fourth-order valence-electron chi connectivity index (χ4n) is 1.77. The standard InChI is InChI=1S/C14H27P/c1-2-3-4-5-6-7-8-9-10-11-12-13-14-15/h2-12,15H2,1H3. The maximum Gasteiger partial charge on any atom is 0.00919 e. The summed E-state index contributed by atoms with van der Waals surface area (Å²) in [6.07, 6.45) is 15.2. The van der Waals surface area contributed by atoms with Gasteiger partial charge in [0.2, 0.25) is 0 Å². The number of hydrogen-bond donors (Lipinski definition) is 0. The highest BCUT2D eigenvalue weighted by Crippen LogP contribution is 2.10. The van der Waals surface area contributed by atoms with E-state index in [1.165, 1.54) is 64.2 Å². The molecule has 1 atom stereocenters. The molecule has 1 unspecified atom stereocenters. The molecule has 0 aromatic heterocycles. The number of rotatable bonds is 10. The fraction of sp³-hybridized carbons (Fsp3) is 0.857. The summed E-state index contributed by atoms with van der Waals surface area (Å²) >= 11 is 0. The van der Waals surface area contributed by atoms with Gasteiger partial charge in [0.25, 0.3) is 0 Å². The van der Waals surface area contributed by atoms with Crippen molar-refractivity contribution in [3.05, 3.63) is 0 Å². The molecule has 0 bridgehead atoms. The van der Waals surface area contributed by atoms with Crippen LogP contribution >= 0.6 is 9.24 Å². The van der Waals surface area contributed by atoms with Crippen molar-refractivity contribution in [1.29, 1.82) is 0 Å². The molecule has 1 heteroatoms. The van der Waals surface area contributed by atoms with Crippen molar-refractivity contribution in [2.75, 3.05) is 0 Å². The summed E-state index contributed by atoms with van der Waals surface area (Å²) in [6.45, 7) is 2.28. The SMILES string of the molecule is CCCCCCCCCCCCC#CP. The predicted octanol–water partition coefficient (Wildman–Crippen LogP) is 5.13. The van der Waals surface area contributed by atoms with Crippen LogP contribution in [0.15, 0.2) is 0 Å². The Morgan fingerprint density at radius 3 is 1.67 bits per heavy atom. The first-order chi connectivity index (χ1) is 7.41. The van der Waals surface area contributed by atoms with Crippen molar-refractivity contribution in [2.45, 2.75) is 77.6 Å². The van der Waals surface area contributed by atoms with Gasteiger partial charge in [0.1, 0.15) is 0 Å². The van der Waals surface area contributed by atoms with Gasteiger partial charge in [0.05, 0.1) is 0 Å². The molecular formula is C14H27P. The van der Waals surface area contributed by atoms with Gasteiger partial charge in [-0.05, 0) is 6.42 Å². The fourth-order valence-corrected chi connectivity index (χ4v) is 1.92. The third-order valence-corrected chi connectivity index (χ3v) is 2.96. The Hall–Kier alpha value is -0.0100. The van der Waals surface area contributed by atoms with E-state index in [4.69, 9.17) is 0 Å². The lowest BCUT2D eigenvalue weighted by Crippen LogP contribution is -1.81. The predicted molar refractivity (Wildman–Crippen MR) is 73.9 cm³/mol. The minimum atomic E-state index is 1.08. The molecule has 0 heterocycles. The van der Waals surface area contributed by atoms with Gasteiger partial charge in [0.15, 0.2) is 0 Å². The van der Waals surface area contributed by atoms with E-state index in [1.807, 2.05) is 0 Å². The Labute approximate surface area is 98.8 Å². The molecule has 0 aromatic carbocycles. The molecule has 0 aliphatic carbocycles. The van der Waals surface area contributed by atoms with Gasteiger partial charge < -0.3 is 0 Å². The molecule has 0 aliphatic rings. The van der Waals surface area contributed by atoms with E-state index in [0.29, 0.717) is 0 Å². The van der Waals surface area contributed by atoms with Crippen LogP contribution in [0, 0.1) is 11.6 Å². The van der Waals surface area contributed by atoms with Crippen molar-refractivity contribution < 1.29 is 0 Å². The van der Waals surface area contributed by atoms with Crippen LogP contribution in [0.5, 0.6) is 0 Å². The summed E-state index contributed by atoms with van der Waals surface area (Å²) in [5.41, 5.74) is 2.87. The molecule has 0 spiro atoms. The Kier molecular flexibility index (Phi) is 14.0. The molecule has 0 nitrogen and oxygen atoms in total. The molecular weight excluding hydrogens is 199 g/mol. The molecule has 0 fully saturated rings. The molecule has 0 rings (SSSR count). The summed E-state index contributed by atoms with van der Waals surface area (Å²) in [5.74, 6) is 3.09. The summed E-state index contributed by atoms with van der Waals surface area (Å²) < 4.78 is 0. The Balaban J connectivity index is 2.88. The quantitative estimate of drug-likeness (QED) is 0.275. The summed E-state index contributed by atoms with van der Waals surface area (Å²) in [4.78, 5) is 0. The van der Waals surface area contributed by atoms with E-state index in [1.54, 1.807) is 0 Å². The van der Waals surface area contributed by atoms with Crippen LogP contribution < -0.4 is 0 Å². The van der Waals surface area contributed by atoms with E-state index in [0.717, 1.165) is 6.42 Å². The van der Waals surface area contributed by atoms with Crippen LogP contribution in [0.25, 0.3) is 0 Å². The maximum atomic E-state index is 3.09. The van der Waals surface area contributed by atoms with Crippen LogP contribution in [0.1, 0.15) is 77.6 Å². The van der Waals surface area contributed by atoms with Crippen molar-refractivity contribution >= 4 is 9.24 Å². The van der Waals surface area contributed by atoms with Gasteiger partial charge in [0, 0.05) is 6.42 Å². The first-order valence-corrected chi connectivity index (χ1v) is 7.18. The monoisotopic (exact) mass is 226 g/mol. The van der Waals surface area contributed by atoms with Crippen molar-refractivity contribution in [3.63, 3.8) is 0 Å². The van der Waals surface area contributed by atoms with Crippen molar-refractivity contribution in [2.24, 2.45) is 0 Å². The molecule has 0 radical (unpaired) electrons. The first kappa shape index (κ1) is 15.0. The summed E-state index contributed by atoms with van der Waals surface area (Å²) in [6, 6.07) is 0. The molecule has 0 aromatic rings. The highest BCUT2D eigenvalue weighted by molar-refractivity contribution is 7.23. The largest absolute Gasteiger partial charge is 0.0992 e. The minimum absolute atomic E-state index is 1.08. The molecule has 0 saturated heterocycles.